The van der Waals surface area contributed by atoms with Crippen LogP contribution in [0.2, 0.25) is 0 Å². The SMILES string of the molecule is Cc1c(C(=O)NCc2cnc(-n3cc(F)cn3)s2)ccc2c1NC(=O)c1ccccc1S2(=O)=O. The van der Waals surface area contributed by atoms with Gasteiger partial charge in [-0.15, -0.1) is 0 Å². The lowest BCUT2D eigenvalue weighted by Gasteiger charge is -2.14. The third kappa shape index (κ3) is 3.66. The zero-order valence-electron chi connectivity index (χ0n) is 17.6. The number of carbonyl (C=O) groups is 2. The predicted octanol–water partition coefficient (Wildman–Crippen LogP) is 3.10. The average Bonchev–Trinajstić information content (AvgIpc) is 3.45. The molecule has 2 N–H and O–H groups in total. The zero-order chi connectivity index (χ0) is 24.0. The number of amides is 2. The normalized spacial score (nSPS) is 14.0. The van der Waals surface area contributed by atoms with Gasteiger partial charge in [0, 0.05) is 16.6 Å². The second-order valence-electron chi connectivity index (χ2n) is 7.46. The first-order chi connectivity index (χ1) is 16.3. The molecule has 0 spiro atoms. The summed E-state index contributed by atoms with van der Waals surface area (Å²) in [6.07, 6.45) is 3.82. The maximum Gasteiger partial charge on any atom is 0.257 e. The molecule has 2 aromatic carbocycles. The van der Waals surface area contributed by atoms with Crippen LogP contribution in [0.4, 0.5) is 10.1 Å². The standard InChI is InChI=1S/C22H16FN5O4S2/c1-12-15(20(29)24-9-14-10-25-22(33-14)28-11-13(23)8-26-28)6-7-18-19(12)27-21(30)16-4-2-3-5-17(16)34(18,31)32/h2-8,10-11H,9H2,1H3,(H,24,29)(H,27,30). The van der Waals surface area contributed by atoms with Gasteiger partial charge in [-0.2, -0.15) is 5.10 Å². The molecule has 0 fully saturated rings. The van der Waals surface area contributed by atoms with Crippen molar-refractivity contribution in [2.75, 3.05) is 5.32 Å². The topological polar surface area (TPSA) is 123 Å². The molecule has 2 aromatic heterocycles. The Labute approximate surface area is 197 Å². The van der Waals surface area contributed by atoms with Gasteiger partial charge in [0.25, 0.3) is 11.8 Å². The predicted molar refractivity (Wildman–Crippen MR) is 121 cm³/mol. The van der Waals surface area contributed by atoms with Crippen molar-refractivity contribution in [3.05, 3.63) is 82.4 Å². The van der Waals surface area contributed by atoms with E-state index in [0.29, 0.717) is 15.6 Å². The highest BCUT2D eigenvalue weighted by atomic mass is 32.2. The van der Waals surface area contributed by atoms with Crippen LogP contribution in [0, 0.1) is 12.7 Å². The fourth-order valence-corrected chi connectivity index (χ4v) is 6.10. The Kier molecular flexibility index (Phi) is 5.25. The summed E-state index contributed by atoms with van der Waals surface area (Å²) < 4.78 is 40.9. The van der Waals surface area contributed by atoms with E-state index in [2.05, 4.69) is 20.7 Å². The number of nitrogens with one attached hydrogen (secondary N) is 2. The first-order valence-corrected chi connectivity index (χ1v) is 12.3. The Balaban J connectivity index is 1.41. The van der Waals surface area contributed by atoms with Crippen molar-refractivity contribution in [1.82, 2.24) is 20.1 Å². The molecule has 5 rings (SSSR count). The van der Waals surface area contributed by atoms with Crippen LogP contribution in [0.25, 0.3) is 5.13 Å². The number of anilines is 1. The largest absolute Gasteiger partial charge is 0.347 e. The van der Waals surface area contributed by atoms with Crippen LogP contribution in [-0.2, 0) is 16.4 Å². The van der Waals surface area contributed by atoms with Crippen molar-refractivity contribution in [1.29, 1.82) is 0 Å². The van der Waals surface area contributed by atoms with E-state index >= 15 is 0 Å². The first kappa shape index (κ1) is 21.9. The van der Waals surface area contributed by atoms with Gasteiger partial charge in [0.05, 0.1) is 40.0 Å². The molecule has 0 aliphatic carbocycles. The number of hydrogen-bond acceptors (Lipinski definition) is 7. The lowest BCUT2D eigenvalue weighted by molar-refractivity contribution is 0.0949. The second kappa shape index (κ2) is 8.15. The van der Waals surface area contributed by atoms with Gasteiger partial charge >= 0.3 is 0 Å². The van der Waals surface area contributed by atoms with Crippen LogP contribution in [0.5, 0.6) is 0 Å². The molecular weight excluding hydrogens is 481 g/mol. The Morgan fingerprint density at radius 2 is 1.97 bits per heavy atom. The summed E-state index contributed by atoms with van der Waals surface area (Å²) in [5, 5.41) is 9.71. The average molecular weight is 498 g/mol. The molecule has 4 aromatic rings. The van der Waals surface area contributed by atoms with Crippen molar-refractivity contribution in [3.8, 4) is 5.13 Å². The van der Waals surface area contributed by atoms with Crippen molar-refractivity contribution in [2.45, 2.75) is 23.3 Å². The smallest absolute Gasteiger partial charge is 0.257 e. The van der Waals surface area contributed by atoms with Crippen LogP contribution in [0.1, 0.15) is 31.2 Å². The van der Waals surface area contributed by atoms with Crippen molar-refractivity contribution >= 4 is 38.7 Å². The first-order valence-electron chi connectivity index (χ1n) is 9.98. The van der Waals surface area contributed by atoms with Crippen molar-refractivity contribution in [3.63, 3.8) is 0 Å². The lowest BCUT2D eigenvalue weighted by Crippen LogP contribution is -2.24. The maximum absolute atomic E-state index is 13.2. The lowest BCUT2D eigenvalue weighted by atomic mass is 10.1. The number of benzene rings is 2. The molecule has 1 aliphatic heterocycles. The van der Waals surface area contributed by atoms with Crippen molar-refractivity contribution < 1.29 is 22.4 Å². The molecule has 0 radical (unpaired) electrons. The molecule has 0 unspecified atom stereocenters. The minimum atomic E-state index is -3.97. The van der Waals surface area contributed by atoms with Gasteiger partial charge in [-0.25, -0.2) is 22.5 Å². The molecule has 0 saturated heterocycles. The molecule has 172 valence electrons. The number of hydrogen-bond donors (Lipinski definition) is 2. The Bertz CT molecular complexity index is 1580. The number of halogens is 1. The van der Waals surface area contributed by atoms with Gasteiger partial charge in [-0.05, 0) is 36.8 Å². The molecule has 9 nitrogen and oxygen atoms in total. The van der Waals surface area contributed by atoms with Crippen LogP contribution >= 0.6 is 11.3 Å². The Morgan fingerprint density at radius 1 is 1.18 bits per heavy atom. The number of fused-ring (bicyclic) bond motifs is 2. The van der Waals surface area contributed by atoms with Gasteiger partial charge in [-0.3, -0.25) is 9.59 Å². The van der Waals surface area contributed by atoms with E-state index < -0.39 is 27.5 Å². The second-order valence-corrected chi connectivity index (χ2v) is 10.4. The fraction of sp³-hybridized carbons (Fsp3) is 0.0909. The monoisotopic (exact) mass is 497 g/mol. The quantitative estimate of drug-likeness (QED) is 0.447. The third-order valence-electron chi connectivity index (χ3n) is 5.33. The number of rotatable bonds is 4. The maximum atomic E-state index is 13.2. The van der Waals surface area contributed by atoms with E-state index in [4.69, 9.17) is 0 Å². The van der Waals surface area contributed by atoms with E-state index in [-0.39, 0.29) is 33.2 Å². The summed E-state index contributed by atoms with van der Waals surface area (Å²) in [5.74, 6) is -1.50. The highest BCUT2D eigenvalue weighted by molar-refractivity contribution is 7.91. The summed E-state index contributed by atoms with van der Waals surface area (Å²) in [7, 11) is -3.97. The fourth-order valence-electron chi connectivity index (χ4n) is 3.65. The Morgan fingerprint density at radius 3 is 2.74 bits per heavy atom. The molecule has 3 heterocycles. The summed E-state index contributed by atoms with van der Waals surface area (Å²) in [6, 6.07) is 8.71. The van der Waals surface area contributed by atoms with E-state index in [1.165, 1.54) is 46.5 Å². The van der Waals surface area contributed by atoms with Gasteiger partial charge < -0.3 is 10.6 Å². The molecular formula is C22H16FN5O4S2. The van der Waals surface area contributed by atoms with Crippen LogP contribution < -0.4 is 10.6 Å². The minimum Gasteiger partial charge on any atom is -0.347 e. The van der Waals surface area contributed by atoms with Gasteiger partial charge in [-0.1, -0.05) is 23.5 Å². The number of aromatic nitrogens is 3. The highest BCUT2D eigenvalue weighted by Gasteiger charge is 2.33. The molecule has 0 atom stereocenters. The van der Waals surface area contributed by atoms with Crippen LogP contribution in [0.15, 0.2) is 64.8 Å². The molecule has 2 amide bonds. The molecule has 0 saturated carbocycles. The molecule has 0 bridgehead atoms. The molecule has 1 aliphatic rings. The van der Waals surface area contributed by atoms with E-state index in [1.807, 2.05) is 0 Å². The number of nitrogens with zero attached hydrogens (tertiary/aromatic N) is 3. The van der Waals surface area contributed by atoms with Crippen LogP contribution in [0.3, 0.4) is 0 Å². The molecule has 34 heavy (non-hydrogen) atoms. The number of sulfone groups is 1. The minimum absolute atomic E-state index is 0.0437. The summed E-state index contributed by atoms with van der Waals surface area (Å²) in [5.41, 5.74) is 0.674. The van der Waals surface area contributed by atoms with Crippen molar-refractivity contribution in [2.24, 2.45) is 0 Å². The van der Waals surface area contributed by atoms with Gasteiger partial charge in [0.15, 0.2) is 5.82 Å². The summed E-state index contributed by atoms with van der Waals surface area (Å²) >= 11 is 1.23. The van der Waals surface area contributed by atoms with Gasteiger partial charge in [0.2, 0.25) is 15.0 Å². The highest BCUT2D eigenvalue weighted by Crippen LogP contribution is 2.36. The van der Waals surface area contributed by atoms with E-state index in [1.54, 1.807) is 25.3 Å². The van der Waals surface area contributed by atoms with E-state index in [9.17, 15) is 22.4 Å². The Hall–Kier alpha value is -3.90. The summed E-state index contributed by atoms with van der Waals surface area (Å²) in [4.78, 5) is 30.3. The van der Waals surface area contributed by atoms with Gasteiger partial charge in [0.1, 0.15) is 0 Å². The molecule has 12 heteroatoms. The zero-order valence-corrected chi connectivity index (χ0v) is 19.2. The summed E-state index contributed by atoms with van der Waals surface area (Å²) in [6.45, 7) is 1.73. The van der Waals surface area contributed by atoms with Crippen LogP contribution in [-0.4, -0.2) is 35.0 Å². The van der Waals surface area contributed by atoms with E-state index in [0.717, 1.165) is 6.20 Å². The number of thiazole rings is 1. The third-order valence-corrected chi connectivity index (χ3v) is 8.17. The number of carbonyl (C=O) groups excluding carboxylic acids is 2.